The van der Waals surface area contributed by atoms with Crippen molar-refractivity contribution in [1.82, 2.24) is 5.43 Å². The third-order valence-electron chi connectivity index (χ3n) is 4.46. The van der Waals surface area contributed by atoms with Gasteiger partial charge in [0, 0.05) is 10.2 Å². The monoisotopic (exact) mass is 495 g/mol. The molecule has 0 saturated heterocycles. The molecule has 0 aliphatic heterocycles. The fourth-order valence-corrected chi connectivity index (χ4v) is 3.26. The molecule has 2 amide bonds. The standard InChI is InChI=1S/C24H22BrN3O4/c1-16-7-3-6-10-20(16)27-23(29)15-32-21-12-11-17(13-22(21)31-2)14-26-28-24(30)18-8-4-5-9-19(18)25/h3-14H,15H2,1-2H3,(H,27,29)(H,28,30)/b26-14-. The summed E-state index contributed by atoms with van der Waals surface area (Å²) in [5.74, 6) is 0.249. The van der Waals surface area contributed by atoms with Crippen molar-refractivity contribution in [2.45, 2.75) is 6.92 Å². The van der Waals surface area contributed by atoms with Crippen molar-refractivity contribution >= 4 is 39.6 Å². The summed E-state index contributed by atoms with van der Waals surface area (Å²) in [7, 11) is 1.51. The first-order valence-corrected chi connectivity index (χ1v) is 10.5. The van der Waals surface area contributed by atoms with Crippen LogP contribution >= 0.6 is 15.9 Å². The maximum absolute atomic E-state index is 12.2. The SMILES string of the molecule is COc1cc(/C=N\NC(=O)c2ccccc2Br)ccc1OCC(=O)Nc1ccccc1C. The molecule has 3 aromatic rings. The summed E-state index contributed by atoms with van der Waals surface area (Å²) in [6, 6.07) is 19.7. The summed E-state index contributed by atoms with van der Waals surface area (Å²) in [4.78, 5) is 24.4. The van der Waals surface area contributed by atoms with E-state index in [2.05, 4.69) is 31.8 Å². The number of aryl methyl sites for hydroxylation is 1. The maximum Gasteiger partial charge on any atom is 0.272 e. The van der Waals surface area contributed by atoms with Crippen molar-refractivity contribution in [3.05, 3.63) is 87.9 Å². The Morgan fingerprint density at radius 2 is 1.78 bits per heavy atom. The van der Waals surface area contributed by atoms with Gasteiger partial charge in [0.1, 0.15) is 0 Å². The summed E-state index contributed by atoms with van der Waals surface area (Å²) in [5, 5.41) is 6.80. The molecule has 8 heteroatoms. The van der Waals surface area contributed by atoms with Crippen molar-refractivity contribution in [3.63, 3.8) is 0 Å². The van der Waals surface area contributed by atoms with Gasteiger partial charge < -0.3 is 14.8 Å². The van der Waals surface area contributed by atoms with E-state index < -0.39 is 0 Å². The molecule has 0 unspecified atom stereocenters. The molecule has 0 fully saturated rings. The van der Waals surface area contributed by atoms with Crippen LogP contribution in [0, 0.1) is 6.92 Å². The van der Waals surface area contributed by atoms with Crippen LogP contribution < -0.4 is 20.2 Å². The van der Waals surface area contributed by atoms with Crippen molar-refractivity contribution in [3.8, 4) is 11.5 Å². The Hall–Kier alpha value is -3.65. The number of hydrogen-bond acceptors (Lipinski definition) is 5. The molecule has 0 radical (unpaired) electrons. The van der Waals surface area contributed by atoms with Crippen LogP contribution in [0.25, 0.3) is 0 Å². The number of hydrazone groups is 1. The van der Waals surface area contributed by atoms with Gasteiger partial charge in [0.05, 0.1) is 18.9 Å². The van der Waals surface area contributed by atoms with Crippen molar-refractivity contribution in [1.29, 1.82) is 0 Å². The van der Waals surface area contributed by atoms with Gasteiger partial charge in [-0.25, -0.2) is 5.43 Å². The van der Waals surface area contributed by atoms with Crippen LogP contribution in [0.2, 0.25) is 0 Å². The molecule has 32 heavy (non-hydrogen) atoms. The lowest BCUT2D eigenvalue weighted by Gasteiger charge is -2.12. The number of rotatable bonds is 8. The maximum atomic E-state index is 12.2. The number of benzene rings is 3. The van der Waals surface area contributed by atoms with E-state index >= 15 is 0 Å². The summed E-state index contributed by atoms with van der Waals surface area (Å²) in [6.45, 7) is 1.75. The number of halogens is 1. The van der Waals surface area contributed by atoms with Gasteiger partial charge in [0.2, 0.25) is 0 Å². The van der Waals surface area contributed by atoms with Gasteiger partial charge in [-0.3, -0.25) is 9.59 Å². The third-order valence-corrected chi connectivity index (χ3v) is 5.16. The molecule has 2 N–H and O–H groups in total. The van der Waals surface area contributed by atoms with Crippen LogP contribution in [0.4, 0.5) is 5.69 Å². The second-order valence-corrected chi connectivity index (χ2v) is 7.60. The smallest absolute Gasteiger partial charge is 0.272 e. The fourth-order valence-electron chi connectivity index (χ4n) is 2.80. The lowest BCUT2D eigenvalue weighted by atomic mass is 10.2. The Bertz CT molecular complexity index is 1150. The number of nitrogens with zero attached hydrogens (tertiary/aromatic N) is 1. The zero-order chi connectivity index (χ0) is 22.9. The Morgan fingerprint density at radius 1 is 1.03 bits per heavy atom. The predicted molar refractivity (Wildman–Crippen MR) is 127 cm³/mol. The highest BCUT2D eigenvalue weighted by atomic mass is 79.9. The second kappa shape index (κ2) is 11.1. The first-order valence-electron chi connectivity index (χ1n) is 9.72. The molecule has 0 atom stereocenters. The van der Waals surface area contributed by atoms with Crippen LogP contribution in [0.1, 0.15) is 21.5 Å². The summed E-state index contributed by atoms with van der Waals surface area (Å²) >= 11 is 3.34. The van der Waals surface area contributed by atoms with E-state index in [4.69, 9.17) is 9.47 Å². The molecule has 0 aromatic heterocycles. The zero-order valence-corrected chi connectivity index (χ0v) is 19.2. The predicted octanol–water partition coefficient (Wildman–Crippen LogP) is 4.55. The Morgan fingerprint density at radius 3 is 2.53 bits per heavy atom. The van der Waals surface area contributed by atoms with Gasteiger partial charge in [-0.15, -0.1) is 0 Å². The lowest BCUT2D eigenvalue weighted by molar-refractivity contribution is -0.118. The van der Waals surface area contributed by atoms with Crippen molar-refractivity contribution < 1.29 is 19.1 Å². The minimum Gasteiger partial charge on any atom is -0.493 e. The molecule has 0 heterocycles. The topological polar surface area (TPSA) is 89.0 Å². The first-order chi connectivity index (χ1) is 15.5. The molecule has 3 rings (SSSR count). The average Bonchev–Trinajstić information content (AvgIpc) is 2.79. The molecular weight excluding hydrogens is 474 g/mol. The number of hydrogen-bond donors (Lipinski definition) is 2. The molecule has 0 saturated carbocycles. The number of ether oxygens (including phenoxy) is 2. The van der Waals surface area contributed by atoms with E-state index in [1.54, 1.807) is 36.4 Å². The van der Waals surface area contributed by atoms with E-state index in [0.29, 0.717) is 27.1 Å². The van der Waals surface area contributed by atoms with Crippen LogP contribution in [0.5, 0.6) is 11.5 Å². The summed E-state index contributed by atoms with van der Waals surface area (Å²) in [6.07, 6.45) is 1.49. The number of amides is 2. The van der Waals surface area contributed by atoms with E-state index in [1.807, 2.05) is 37.3 Å². The molecule has 0 aliphatic carbocycles. The molecular formula is C24H22BrN3O4. The van der Waals surface area contributed by atoms with Gasteiger partial charge in [-0.2, -0.15) is 5.10 Å². The first kappa shape index (κ1) is 23.0. The van der Waals surface area contributed by atoms with Crippen LogP contribution in [0.15, 0.2) is 76.3 Å². The minimum atomic E-state index is -0.333. The molecule has 7 nitrogen and oxygen atoms in total. The zero-order valence-electron chi connectivity index (χ0n) is 17.6. The van der Waals surface area contributed by atoms with E-state index in [-0.39, 0.29) is 18.4 Å². The van der Waals surface area contributed by atoms with E-state index in [9.17, 15) is 9.59 Å². The molecule has 0 spiro atoms. The van der Waals surface area contributed by atoms with Crippen molar-refractivity contribution in [2.75, 3.05) is 19.0 Å². The molecule has 0 aliphatic rings. The van der Waals surface area contributed by atoms with E-state index in [0.717, 1.165) is 11.3 Å². The number of para-hydroxylation sites is 1. The second-order valence-electron chi connectivity index (χ2n) is 6.74. The number of carbonyl (C=O) groups is 2. The molecule has 164 valence electrons. The van der Waals surface area contributed by atoms with E-state index in [1.165, 1.54) is 13.3 Å². The van der Waals surface area contributed by atoms with Gasteiger partial charge in [-0.05, 0) is 70.4 Å². The Kier molecular flexibility index (Phi) is 7.99. The third kappa shape index (κ3) is 6.18. The minimum absolute atomic E-state index is 0.167. The van der Waals surface area contributed by atoms with Crippen LogP contribution in [-0.2, 0) is 4.79 Å². The summed E-state index contributed by atoms with van der Waals surface area (Å²) < 4.78 is 11.7. The Labute approximate surface area is 194 Å². The highest BCUT2D eigenvalue weighted by Gasteiger charge is 2.10. The molecule has 0 bridgehead atoms. The van der Waals surface area contributed by atoms with Gasteiger partial charge in [0.15, 0.2) is 18.1 Å². The highest BCUT2D eigenvalue weighted by molar-refractivity contribution is 9.10. The van der Waals surface area contributed by atoms with Gasteiger partial charge in [-0.1, -0.05) is 30.3 Å². The van der Waals surface area contributed by atoms with Crippen LogP contribution in [0.3, 0.4) is 0 Å². The summed E-state index contributed by atoms with van der Waals surface area (Å²) in [5.41, 5.74) is 5.36. The molecule has 3 aromatic carbocycles. The van der Waals surface area contributed by atoms with Gasteiger partial charge >= 0.3 is 0 Å². The number of anilines is 1. The quantitative estimate of drug-likeness (QED) is 0.354. The Balaban J connectivity index is 1.58. The number of carbonyl (C=O) groups excluding carboxylic acids is 2. The highest BCUT2D eigenvalue weighted by Crippen LogP contribution is 2.27. The van der Waals surface area contributed by atoms with Gasteiger partial charge in [0.25, 0.3) is 11.8 Å². The lowest BCUT2D eigenvalue weighted by Crippen LogP contribution is -2.20. The van der Waals surface area contributed by atoms with Crippen LogP contribution in [-0.4, -0.2) is 31.7 Å². The largest absolute Gasteiger partial charge is 0.493 e. The average molecular weight is 496 g/mol. The number of methoxy groups -OCH3 is 1. The fraction of sp³-hybridized carbons (Fsp3) is 0.125. The van der Waals surface area contributed by atoms with Crippen molar-refractivity contribution in [2.24, 2.45) is 5.10 Å². The normalized spacial score (nSPS) is 10.6. The number of nitrogens with one attached hydrogen (secondary N) is 2.